The van der Waals surface area contributed by atoms with Gasteiger partial charge in [-0.25, -0.2) is 0 Å². The van der Waals surface area contributed by atoms with Crippen LogP contribution in [-0.2, 0) is 4.74 Å². The molecule has 1 aliphatic heterocycles. The Bertz CT molecular complexity index is 439. The van der Waals surface area contributed by atoms with E-state index in [0.29, 0.717) is 25.3 Å². The van der Waals surface area contributed by atoms with Crippen LogP contribution in [0.15, 0.2) is 18.5 Å². The molecule has 6 heteroatoms. The first-order valence-corrected chi connectivity index (χ1v) is 6.46. The lowest BCUT2D eigenvalue weighted by atomic mass is 10.1. The zero-order valence-electron chi connectivity index (χ0n) is 11.0. The van der Waals surface area contributed by atoms with Gasteiger partial charge in [-0.2, -0.15) is 0 Å². The third-order valence-electron chi connectivity index (χ3n) is 3.05. The third kappa shape index (κ3) is 3.21. The highest BCUT2D eigenvalue weighted by molar-refractivity contribution is 5.99. The smallest absolute Gasteiger partial charge is 0.257 e. The van der Waals surface area contributed by atoms with Crippen LogP contribution < -0.4 is 5.32 Å². The molecule has 6 nitrogen and oxygen atoms in total. The Balaban J connectivity index is 2.14. The van der Waals surface area contributed by atoms with Crippen LogP contribution in [0.3, 0.4) is 0 Å². The number of pyridine rings is 1. The monoisotopic (exact) mass is 265 g/mol. The van der Waals surface area contributed by atoms with Crippen LogP contribution in [0.2, 0.25) is 0 Å². The molecule has 0 saturated carbocycles. The maximum Gasteiger partial charge on any atom is 0.257 e. The largest absolute Gasteiger partial charge is 0.394 e. The molecule has 0 bridgehead atoms. The highest BCUT2D eigenvalue weighted by atomic mass is 16.5. The number of hydrogen-bond acceptors (Lipinski definition) is 5. The number of rotatable bonds is 4. The number of carbonyl (C=O) groups is 1. The van der Waals surface area contributed by atoms with Gasteiger partial charge in [-0.1, -0.05) is 0 Å². The summed E-state index contributed by atoms with van der Waals surface area (Å²) in [6.07, 6.45) is 2.94. The van der Waals surface area contributed by atoms with E-state index in [4.69, 9.17) is 9.84 Å². The third-order valence-corrected chi connectivity index (χ3v) is 3.05. The van der Waals surface area contributed by atoms with E-state index in [1.165, 1.54) is 0 Å². The van der Waals surface area contributed by atoms with Gasteiger partial charge < -0.3 is 20.1 Å². The van der Waals surface area contributed by atoms with Crippen molar-refractivity contribution in [1.82, 2.24) is 9.88 Å². The maximum atomic E-state index is 12.5. The average Bonchev–Trinajstić information content (AvgIpc) is 2.47. The van der Waals surface area contributed by atoms with Crippen LogP contribution in [0.4, 0.5) is 5.69 Å². The molecule has 1 aromatic heterocycles. The molecule has 2 heterocycles. The first kappa shape index (κ1) is 13.8. The first-order valence-electron chi connectivity index (χ1n) is 6.46. The highest BCUT2D eigenvalue weighted by Gasteiger charge is 2.25. The van der Waals surface area contributed by atoms with E-state index >= 15 is 0 Å². The number of aliphatic hydroxyl groups excluding tert-OH is 1. The Morgan fingerprint density at radius 3 is 3.26 bits per heavy atom. The van der Waals surface area contributed by atoms with Gasteiger partial charge in [-0.3, -0.25) is 9.78 Å². The van der Waals surface area contributed by atoms with Gasteiger partial charge in [-0.15, -0.1) is 0 Å². The molecule has 104 valence electrons. The summed E-state index contributed by atoms with van der Waals surface area (Å²) < 4.78 is 5.35. The van der Waals surface area contributed by atoms with Crippen LogP contribution in [0, 0.1) is 0 Å². The van der Waals surface area contributed by atoms with E-state index in [1.807, 2.05) is 6.92 Å². The van der Waals surface area contributed by atoms with Gasteiger partial charge in [0.05, 0.1) is 30.6 Å². The SMILES string of the molecule is CCNc1ccncc1C(=O)N1CCOC(CO)C1. The molecule has 19 heavy (non-hydrogen) atoms. The van der Waals surface area contributed by atoms with Gasteiger partial charge >= 0.3 is 0 Å². The van der Waals surface area contributed by atoms with Crippen molar-refractivity contribution in [2.24, 2.45) is 0 Å². The number of anilines is 1. The zero-order valence-corrected chi connectivity index (χ0v) is 11.0. The molecule has 0 radical (unpaired) electrons. The van der Waals surface area contributed by atoms with Crippen LogP contribution in [0.1, 0.15) is 17.3 Å². The summed E-state index contributed by atoms with van der Waals surface area (Å²) in [6.45, 7) is 4.05. The lowest BCUT2D eigenvalue weighted by molar-refractivity contribution is -0.0447. The minimum Gasteiger partial charge on any atom is -0.394 e. The van der Waals surface area contributed by atoms with Gasteiger partial charge in [0.25, 0.3) is 5.91 Å². The zero-order chi connectivity index (χ0) is 13.7. The summed E-state index contributed by atoms with van der Waals surface area (Å²) >= 11 is 0. The van der Waals surface area contributed by atoms with Gasteiger partial charge in [0.1, 0.15) is 0 Å². The summed E-state index contributed by atoms with van der Waals surface area (Å²) in [5.74, 6) is -0.0780. The number of nitrogens with zero attached hydrogens (tertiary/aromatic N) is 2. The number of morpholine rings is 1. The second-order valence-electron chi connectivity index (χ2n) is 4.38. The summed E-state index contributed by atoms with van der Waals surface area (Å²) in [4.78, 5) is 18.2. The number of amides is 1. The Morgan fingerprint density at radius 2 is 2.53 bits per heavy atom. The second kappa shape index (κ2) is 6.49. The molecule has 1 unspecified atom stereocenters. The molecular weight excluding hydrogens is 246 g/mol. The number of aromatic nitrogens is 1. The van der Waals surface area contributed by atoms with E-state index in [1.54, 1.807) is 23.4 Å². The van der Waals surface area contributed by atoms with Crippen molar-refractivity contribution in [1.29, 1.82) is 0 Å². The molecule has 1 aliphatic rings. The van der Waals surface area contributed by atoms with Crippen molar-refractivity contribution < 1.29 is 14.6 Å². The number of hydrogen-bond donors (Lipinski definition) is 2. The molecule has 1 fully saturated rings. The second-order valence-corrected chi connectivity index (χ2v) is 4.38. The highest BCUT2D eigenvalue weighted by Crippen LogP contribution is 2.17. The van der Waals surface area contributed by atoms with Crippen LogP contribution >= 0.6 is 0 Å². The van der Waals surface area contributed by atoms with Crippen molar-refractivity contribution in [2.45, 2.75) is 13.0 Å². The number of ether oxygens (including phenoxy) is 1. The summed E-state index contributed by atoms with van der Waals surface area (Å²) in [5.41, 5.74) is 1.34. The molecule has 1 atom stereocenters. The van der Waals surface area contributed by atoms with Crippen molar-refractivity contribution in [3.05, 3.63) is 24.0 Å². The van der Waals surface area contributed by atoms with Gasteiger partial charge in [0.15, 0.2) is 0 Å². The van der Waals surface area contributed by atoms with Crippen LogP contribution in [0.5, 0.6) is 0 Å². The van der Waals surface area contributed by atoms with Gasteiger partial charge in [0.2, 0.25) is 0 Å². The molecule has 0 spiro atoms. The standard InChI is InChI=1S/C13H19N3O3/c1-2-15-12-3-4-14-7-11(12)13(18)16-5-6-19-10(8-16)9-17/h3-4,7,10,17H,2,5-6,8-9H2,1H3,(H,14,15). The fourth-order valence-corrected chi connectivity index (χ4v) is 2.09. The fraction of sp³-hybridized carbons (Fsp3) is 0.538. The Kier molecular flexibility index (Phi) is 4.70. The maximum absolute atomic E-state index is 12.5. The molecule has 1 saturated heterocycles. The van der Waals surface area contributed by atoms with Crippen molar-refractivity contribution in [3.63, 3.8) is 0 Å². The van der Waals surface area contributed by atoms with E-state index in [-0.39, 0.29) is 18.6 Å². The topological polar surface area (TPSA) is 74.7 Å². The first-order chi connectivity index (χ1) is 9.26. The van der Waals surface area contributed by atoms with Crippen LogP contribution in [-0.4, -0.2) is 59.8 Å². The molecule has 2 rings (SSSR count). The summed E-state index contributed by atoms with van der Waals surface area (Å²) in [6, 6.07) is 1.79. The molecular formula is C13H19N3O3. The van der Waals surface area contributed by atoms with Crippen LogP contribution in [0.25, 0.3) is 0 Å². The predicted octanol–water partition coefficient (Wildman–Crippen LogP) is 0.347. The summed E-state index contributed by atoms with van der Waals surface area (Å²) in [7, 11) is 0. The van der Waals surface area contributed by atoms with E-state index in [2.05, 4.69) is 10.3 Å². The van der Waals surface area contributed by atoms with Crippen molar-refractivity contribution in [2.75, 3.05) is 38.2 Å². The van der Waals surface area contributed by atoms with Crippen molar-refractivity contribution in [3.8, 4) is 0 Å². The minimum atomic E-state index is -0.294. The molecule has 1 amide bonds. The number of carbonyl (C=O) groups excluding carboxylic acids is 1. The van der Waals surface area contributed by atoms with E-state index in [0.717, 1.165) is 12.2 Å². The lowest BCUT2D eigenvalue weighted by Crippen LogP contribution is -2.47. The molecule has 0 aromatic carbocycles. The van der Waals surface area contributed by atoms with Gasteiger partial charge in [-0.05, 0) is 13.0 Å². The fourth-order valence-electron chi connectivity index (χ4n) is 2.09. The number of nitrogens with one attached hydrogen (secondary N) is 1. The normalized spacial score (nSPS) is 19.3. The molecule has 2 N–H and O–H groups in total. The lowest BCUT2D eigenvalue weighted by Gasteiger charge is -2.32. The molecule has 1 aromatic rings. The van der Waals surface area contributed by atoms with Crippen molar-refractivity contribution >= 4 is 11.6 Å². The van der Waals surface area contributed by atoms with E-state index < -0.39 is 0 Å². The average molecular weight is 265 g/mol. The van der Waals surface area contributed by atoms with E-state index in [9.17, 15) is 4.79 Å². The minimum absolute atomic E-state index is 0.0725. The summed E-state index contributed by atoms with van der Waals surface area (Å²) in [5, 5.41) is 12.3. The Labute approximate surface area is 112 Å². The number of aliphatic hydroxyl groups is 1. The quantitative estimate of drug-likeness (QED) is 0.821. The Hall–Kier alpha value is -1.66. The van der Waals surface area contributed by atoms with Gasteiger partial charge in [0, 0.05) is 32.0 Å². The Morgan fingerprint density at radius 1 is 1.68 bits per heavy atom. The predicted molar refractivity (Wildman–Crippen MR) is 71.1 cm³/mol. The molecule has 0 aliphatic carbocycles.